The van der Waals surface area contributed by atoms with Crippen LogP contribution in [0.5, 0.6) is 0 Å². The van der Waals surface area contributed by atoms with Gasteiger partial charge < -0.3 is 0 Å². The third-order valence-electron chi connectivity index (χ3n) is 4.00. The van der Waals surface area contributed by atoms with E-state index in [1.54, 1.807) is 5.56 Å². The van der Waals surface area contributed by atoms with Crippen LogP contribution >= 0.6 is 0 Å². The zero-order valence-corrected chi connectivity index (χ0v) is 10.4. The highest BCUT2D eigenvalue weighted by Gasteiger charge is 2.28. The first kappa shape index (κ1) is 10.7. The van der Waals surface area contributed by atoms with Crippen LogP contribution in [-0.2, 0) is 0 Å². The van der Waals surface area contributed by atoms with Crippen LogP contribution in [0, 0.1) is 25.7 Å². The number of hydrogen-bond donors (Lipinski definition) is 0. The Morgan fingerprint density at radius 2 is 1.33 bits per heavy atom. The molecule has 0 heterocycles. The van der Waals surface area contributed by atoms with Gasteiger partial charge in [-0.3, -0.25) is 0 Å². The van der Waals surface area contributed by atoms with Gasteiger partial charge in [-0.05, 0) is 50.0 Å². The topological polar surface area (TPSA) is 0 Å². The molecular weight excluding hydrogens is 180 g/mol. The minimum absolute atomic E-state index is 0.814. The first-order chi connectivity index (χ1) is 7.06. The molecule has 2 rings (SSSR count). The predicted octanol–water partition coefficient (Wildman–Crippen LogP) is 4.45. The molecular formula is C15H22. The van der Waals surface area contributed by atoms with Crippen molar-refractivity contribution in [3.8, 4) is 0 Å². The fraction of sp³-hybridized carbons (Fsp3) is 0.600. The van der Waals surface area contributed by atoms with Crippen LogP contribution in [0.15, 0.2) is 18.2 Å². The van der Waals surface area contributed by atoms with E-state index in [9.17, 15) is 0 Å². The lowest BCUT2D eigenvalue weighted by atomic mass is 9.93. The van der Waals surface area contributed by atoms with Gasteiger partial charge >= 0.3 is 0 Å². The third kappa shape index (κ3) is 2.25. The van der Waals surface area contributed by atoms with Gasteiger partial charge in [0.05, 0.1) is 0 Å². The van der Waals surface area contributed by atoms with E-state index < -0.39 is 0 Å². The van der Waals surface area contributed by atoms with Crippen LogP contribution in [-0.4, -0.2) is 0 Å². The Balaban J connectivity index is 2.23. The van der Waals surface area contributed by atoms with E-state index in [0.29, 0.717) is 0 Å². The van der Waals surface area contributed by atoms with Crippen LogP contribution in [0.25, 0.3) is 0 Å². The van der Waals surface area contributed by atoms with Crippen molar-refractivity contribution in [1.82, 2.24) is 0 Å². The number of hydrogen-bond acceptors (Lipinski definition) is 0. The molecule has 0 bridgehead atoms. The molecule has 1 fully saturated rings. The molecule has 1 aliphatic rings. The van der Waals surface area contributed by atoms with E-state index in [2.05, 4.69) is 45.9 Å². The average Bonchev–Trinajstić information content (AvgIpc) is 2.45. The summed E-state index contributed by atoms with van der Waals surface area (Å²) in [5.74, 6) is 2.61. The molecule has 15 heavy (non-hydrogen) atoms. The third-order valence-corrected chi connectivity index (χ3v) is 4.00. The van der Waals surface area contributed by atoms with Gasteiger partial charge in [0.1, 0.15) is 0 Å². The standard InChI is InChI=1S/C15H22/c1-10-5-11(2)7-14(6-10)15-8-12(3)13(4)9-15/h5-7,12-13,15H,8-9H2,1-4H3. The largest absolute Gasteiger partial charge is 0.0622 e. The minimum atomic E-state index is 0.814. The van der Waals surface area contributed by atoms with Gasteiger partial charge in [0, 0.05) is 0 Å². The number of rotatable bonds is 1. The molecule has 2 unspecified atom stereocenters. The Hall–Kier alpha value is -0.780. The first-order valence-electron chi connectivity index (χ1n) is 6.14. The first-order valence-corrected chi connectivity index (χ1v) is 6.14. The molecule has 0 radical (unpaired) electrons. The van der Waals surface area contributed by atoms with Gasteiger partial charge in [-0.1, -0.05) is 43.2 Å². The van der Waals surface area contributed by atoms with Crippen molar-refractivity contribution in [3.63, 3.8) is 0 Å². The van der Waals surface area contributed by atoms with Crippen LogP contribution in [0.3, 0.4) is 0 Å². The summed E-state index contributed by atoms with van der Waals surface area (Å²) >= 11 is 0. The van der Waals surface area contributed by atoms with E-state index in [4.69, 9.17) is 0 Å². The maximum Gasteiger partial charge on any atom is -0.0156 e. The van der Waals surface area contributed by atoms with Crippen molar-refractivity contribution in [2.24, 2.45) is 11.8 Å². The van der Waals surface area contributed by atoms with Crippen molar-refractivity contribution in [1.29, 1.82) is 0 Å². The summed E-state index contributed by atoms with van der Waals surface area (Å²) in [4.78, 5) is 0. The molecule has 1 aliphatic carbocycles. The molecule has 82 valence electrons. The second-order valence-corrected chi connectivity index (χ2v) is 5.54. The van der Waals surface area contributed by atoms with Crippen LogP contribution in [0.1, 0.15) is 49.3 Å². The molecule has 0 nitrogen and oxygen atoms in total. The van der Waals surface area contributed by atoms with Gasteiger partial charge in [0.2, 0.25) is 0 Å². The van der Waals surface area contributed by atoms with Gasteiger partial charge in [-0.2, -0.15) is 0 Å². The molecule has 1 saturated carbocycles. The van der Waals surface area contributed by atoms with E-state index in [-0.39, 0.29) is 0 Å². The Morgan fingerprint density at radius 3 is 1.80 bits per heavy atom. The number of aryl methyl sites for hydroxylation is 2. The van der Waals surface area contributed by atoms with Crippen LogP contribution < -0.4 is 0 Å². The Bertz CT molecular complexity index is 321. The monoisotopic (exact) mass is 202 g/mol. The lowest BCUT2D eigenvalue weighted by molar-refractivity contribution is 0.457. The molecule has 0 aliphatic heterocycles. The van der Waals surface area contributed by atoms with Gasteiger partial charge in [-0.15, -0.1) is 0 Å². The SMILES string of the molecule is Cc1cc(C)cc(C2CC(C)C(C)C2)c1. The minimum Gasteiger partial charge on any atom is -0.0622 e. The van der Waals surface area contributed by atoms with Crippen LogP contribution in [0.2, 0.25) is 0 Å². The Kier molecular flexibility index (Phi) is 2.86. The number of benzene rings is 1. The summed E-state index contributed by atoms with van der Waals surface area (Å²) in [5.41, 5.74) is 4.40. The van der Waals surface area contributed by atoms with Crippen molar-refractivity contribution in [2.75, 3.05) is 0 Å². The lowest BCUT2D eigenvalue weighted by Gasteiger charge is -2.12. The van der Waals surface area contributed by atoms with E-state index >= 15 is 0 Å². The zero-order chi connectivity index (χ0) is 11.0. The molecule has 0 saturated heterocycles. The molecule has 1 aromatic carbocycles. The summed E-state index contributed by atoms with van der Waals surface area (Å²) in [7, 11) is 0. The predicted molar refractivity (Wildman–Crippen MR) is 66.2 cm³/mol. The Morgan fingerprint density at radius 1 is 0.867 bits per heavy atom. The fourth-order valence-electron chi connectivity index (χ4n) is 2.98. The molecule has 0 N–H and O–H groups in total. The summed E-state index contributed by atoms with van der Waals surface area (Å²) in [6, 6.07) is 7.02. The molecule has 0 heteroatoms. The van der Waals surface area contributed by atoms with E-state index in [1.165, 1.54) is 24.0 Å². The van der Waals surface area contributed by atoms with Crippen molar-refractivity contribution in [2.45, 2.75) is 46.5 Å². The summed E-state index contributed by atoms with van der Waals surface area (Å²) < 4.78 is 0. The maximum absolute atomic E-state index is 2.40. The van der Waals surface area contributed by atoms with Gasteiger partial charge in [-0.25, -0.2) is 0 Å². The summed E-state index contributed by atoms with van der Waals surface area (Å²) in [6.45, 7) is 9.21. The fourth-order valence-corrected chi connectivity index (χ4v) is 2.98. The van der Waals surface area contributed by atoms with Crippen molar-refractivity contribution in [3.05, 3.63) is 34.9 Å². The Labute approximate surface area is 93.7 Å². The van der Waals surface area contributed by atoms with Gasteiger partial charge in [0.15, 0.2) is 0 Å². The lowest BCUT2D eigenvalue weighted by Crippen LogP contribution is -1.95. The molecule has 0 spiro atoms. The van der Waals surface area contributed by atoms with Crippen molar-refractivity contribution >= 4 is 0 Å². The zero-order valence-electron chi connectivity index (χ0n) is 10.4. The highest BCUT2D eigenvalue weighted by atomic mass is 14.3. The quantitative estimate of drug-likeness (QED) is 0.631. The van der Waals surface area contributed by atoms with E-state index in [0.717, 1.165) is 17.8 Å². The smallest absolute Gasteiger partial charge is 0.0156 e. The average molecular weight is 202 g/mol. The summed E-state index contributed by atoms with van der Waals surface area (Å²) in [5, 5.41) is 0. The maximum atomic E-state index is 2.40. The van der Waals surface area contributed by atoms with Crippen molar-refractivity contribution < 1.29 is 0 Å². The molecule has 2 atom stereocenters. The molecule has 0 amide bonds. The molecule has 1 aromatic rings. The highest BCUT2D eigenvalue weighted by Crippen LogP contribution is 2.42. The normalized spacial score (nSPS) is 30.8. The summed E-state index contributed by atoms with van der Waals surface area (Å²) in [6.07, 6.45) is 2.76. The van der Waals surface area contributed by atoms with Gasteiger partial charge in [0.25, 0.3) is 0 Å². The van der Waals surface area contributed by atoms with E-state index in [1.807, 2.05) is 0 Å². The second kappa shape index (κ2) is 4.00. The second-order valence-electron chi connectivity index (χ2n) is 5.54. The highest BCUT2D eigenvalue weighted by molar-refractivity contribution is 5.31. The molecule has 0 aromatic heterocycles. The van der Waals surface area contributed by atoms with Crippen LogP contribution in [0.4, 0.5) is 0 Å².